The first-order valence-electron chi connectivity index (χ1n) is 9.79. The highest BCUT2D eigenvalue weighted by atomic mass is 35.5. The molecule has 1 aliphatic carbocycles. The summed E-state index contributed by atoms with van der Waals surface area (Å²) in [7, 11) is 0. The molecule has 3 aromatic rings. The number of benzene rings is 3. The summed E-state index contributed by atoms with van der Waals surface area (Å²) in [5.41, 5.74) is -0.281. The zero-order valence-corrected chi connectivity index (χ0v) is 20.9. The number of carbonyl (C=O) groups is 2. The number of rotatable bonds is 5. The molecular formula is C23H12Cl5F3N2O2. The minimum Gasteiger partial charge on any atom is -0.326 e. The summed E-state index contributed by atoms with van der Waals surface area (Å²) >= 11 is 30.8. The average molecular weight is 583 g/mol. The van der Waals surface area contributed by atoms with Gasteiger partial charge >= 0.3 is 0 Å². The first-order chi connectivity index (χ1) is 16.4. The fourth-order valence-electron chi connectivity index (χ4n) is 3.60. The summed E-state index contributed by atoms with van der Waals surface area (Å²) in [4.78, 5) is 25.4. The van der Waals surface area contributed by atoms with E-state index in [2.05, 4.69) is 10.6 Å². The second-order valence-electron chi connectivity index (χ2n) is 7.69. The highest BCUT2D eigenvalue weighted by Gasteiger charge is 2.67. The van der Waals surface area contributed by atoms with Crippen molar-refractivity contribution in [3.8, 4) is 0 Å². The van der Waals surface area contributed by atoms with E-state index in [9.17, 15) is 22.8 Å². The average Bonchev–Trinajstić information content (AvgIpc) is 3.37. The molecule has 0 heterocycles. The molecule has 4 nitrogen and oxygen atoms in total. The third-order valence-electron chi connectivity index (χ3n) is 5.36. The SMILES string of the molecule is O=C(Nc1ccc(F)cc1F)c1cc(NC(=O)[C@@H]2[C@@H](c3cc(Cl)c(Cl)c(Cl)c3)C2(Cl)Cl)ccc1F. The molecule has 0 aromatic heterocycles. The predicted molar refractivity (Wildman–Crippen MR) is 131 cm³/mol. The second kappa shape index (κ2) is 9.71. The summed E-state index contributed by atoms with van der Waals surface area (Å²) in [6.45, 7) is 0. The Labute approximate surface area is 222 Å². The Hall–Kier alpha value is -2.16. The molecule has 12 heteroatoms. The lowest BCUT2D eigenvalue weighted by atomic mass is 10.1. The molecule has 2 amide bonds. The monoisotopic (exact) mass is 580 g/mol. The van der Waals surface area contributed by atoms with Crippen molar-refractivity contribution in [1.82, 2.24) is 0 Å². The van der Waals surface area contributed by atoms with Crippen molar-refractivity contribution in [2.75, 3.05) is 10.6 Å². The number of nitrogens with one attached hydrogen (secondary N) is 2. The van der Waals surface area contributed by atoms with Crippen LogP contribution in [0, 0.1) is 23.4 Å². The van der Waals surface area contributed by atoms with Crippen LogP contribution < -0.4 is 10.6 Å². The maximum atomic E-state index is 14.3. The normalized spacial score (nSPS) is 18.2. The van der Waals surface area contributed by atoms with Crippen LogP contribution in [0.2, 0.25) is 15.1 Å². The second-order valence-corrected chi connectivity index (χ2v) is 10.3. The first kappa shape index (κ1) is 25.9. The van der Waals surface area contributed by atoms with Gasteiger partial charge in [0.05, 0.1) is 32.2 Å². The van der Waals surface area contributed by atoms with Gasteiger partial charge in [-0.15, -0.1) is 23.2 Å². The van der Waals surface area contributed by atoms with Crippen LogP contribution in [0.4, 0.5) is 24.5 Å². The Balaban J connectivity index is 1.52. The number of carbonyl (C=O) groups excluding carboxylic acids is 2. The molecule has 0 radical (unpaired) electrons. The molecule has 2 atom stereocenters. The van der Waals surface area contributed by atoms with Crippen molar-refractivity contribution >= 4 is 81.2 Å². The van der Waals surface area contributed by atoms with Crippen LogP contribution in [0.15, 0.2) is 48.5 Å². The number of hydrogen-bond acceptors (Lipinski definition) is 2. The van der Waals surface area contributed by atoms with Gasteiger partial charge in [-0.25, -0.2) is 13.2 Å². The number of hydrogen-bond donors (Lipinski definition) is 2. The Bertz CT molecular complexity index is 1350. The van der Waals surface area contributed by atoms with Crippen LogP contribution in [0.5, 0.6) is 0 Å². The zero-order chi connectivity index (χ0) is 25.7. The fraction of sp³-hybridized carbons (Fsp3) is 0.130. The number of halogens is 8. The molecule has 1 aliphatic rings. The van der Waals surface area contributed by atoms with E-state index >= 15 is 0 Å². The van der Waals surface area contributed by atoms with Crippen molar-refractivity contribution in [3.05, 3.63) is 92.2 Å². The van der Waals surface area contributed by atoms with E-state index in [4.69, 9.17) is 58.0 Å². The molecule has 0 aliphatic heterocycles. The minimum absolute atomic E-state index is 0.0584. The van der Waals surface area contributed by atoms with Gasteiger partial charge in [0.25, 0.3) is 5.91 Å². The third kappa shape index (κ3) is 5.20. The van der Waals surface area contributed by atoms with Gasteiger partial charge in [-0.1, -0.05) is 34.8 Å². The third-order valence-corrected chi connectivity index (χ3v) is 7.50. The maximum absolute atomic E-state index is 14.3. The van der Waals surface area contributed by atoms with Crippen molar-refractivity contribution in [2.24, 2.45) is 5.92 Å². The van der Waals surface area contributed by atoms with E-state index in [0.29, 0.717) is 11.6 Å². The molecule has 0 saturated heterocycles. The van der Waals surface area contributed by atoms with Gasteiger partial charge in [-0.05, 0) is 48.0 Å². The Kier molecular flexibility index (Phi) is 7.19. The van der Waals surface area contributed by atoms with Gasteiger partial charge < -0.3 is 10.6 Å². The van der Waals surface area contributed by atoms with Gasteiger partial charge in [-0.3, -0.25) is 9.59 Å². The molecule has 2 N–H and O–H groups in total. The van der Waals surface area contributed by atoms with E-state index in [1.165, 1.54) is 18.2 Å². The molecule has 0 bridgehead atoms. The van der Waals surface area contributed by atoms with Gasteiger partial charge in [-0.2, -0.15) is 0 Å². The van der Waals surface area contributed by atoms with Crippen molar-refractivity contribution < 1.29 is 22.8 Å². The van der Waals surface area contributed by atoms with Crippen LogP contribution in [0.1, 0.15) is 21.8 Å². The molecule has 3 aromatic carbocycles. The summed E-state index contributed by atoms with van der Waals surface area (Å²) in [5, 5.41) is 5.16. The van der Waals surface area contributed by atoms with E-state index in [1.807, 2.05) is 0 Å². The Morgan fingerprint density at radius 2 is 1.49 bits per heavy atom. The highest BCUT2D eigenvalue weighted by molar-refractivity contribution is 6.54. The minimum atomic E-state index is -1.48. The fourth-order valence-corrected chi connectivity index (χ4v) is 5.04. The molecule has 182 valence electrons. The van der Waals surface area contributed by atoms with E-state index in [0.717, 1.165) is 24.3 Å². The lowest BCUT2D eigenvalue weighted by Crippen LogP contribution is -2.19. The van der Waals surface area contributed by atoms with Gasteiger partial charge in [0.1, 0.15) is 21.8 Å². The summed E-state index contributed by atoms with van der Waals surface area (Å²) in [5.74, 6) is -6.01. The summed E-state index contributed by atoms with van der Waals surface area (Å²) < 4.78 is 39.7. The quantitative estimate of drug-likeness (QED) is 0.238. The Morgan fingerprint density at radius 3 is 2.11 bits per heavy atom. The van der Waals surface area contributed by atoms with Gasteiger partial charge in [0.15, 0.2) is 0 Å². The summed E-state index contributed by atoms with van der Waals surface area (Å²) in [6.07, 6.45) is 0. The Morgan fingerprint density at radius 1 is 0.829 bits per heavy atom. The lowest BCUT2D eigenvalue weighted by Gasteiger charge is -2.10. The summed E-state index contributed by atoms with van der Waals surface area (Å²) in [6, 6.07) is 8.73. The van der Waals surface area contributed by atoms with Crippen LogP contribution in [0.25, 0.3) is 0 Å². The van der Waals surface area contributed by atoms with Crippen molar-refractivity contribution in [1.29, 1.82) is 0 Å². The molecule has 35 heavy (non-hydrogen) atoms. The van der Waals surface area contributed by atoms with Crippen LogP contribution in [-0.4, -0.2) is 16.1 Å². The first-order valence-corrected chi connectivity index (χ1v) is 11.7. The number of amides is 2. The molecule has 4 rings (SSSR count). The molecule has 1 fully saturated rings. The number of anilines is 2. The highest BCUT2D eigenvalue weighted by Crippen LogP contribution is 2.65. The molecular weight excluding hydrogens is 571 g/mol. The van der Waals surface area contributed by atoms with Crippen LogP contribution in [0.3, 0.4) is 0 Å². The molecule has 0 unspecified atom stereocenters. The predicted octanol–water partition coefficient (Wildman–Crippen LogP) is 7.84. The van der Waals surface area contributed by atoms with E-state index in [1.54, 1.807) is 0 Å². The standard InChI is InChI=1S/C23H12Cl5F3N2O2/c24-13-5-9(6-14(25)20(13)26)18-19(23(18,27)28)22(35)32-11-2-3-15(30)12(8-11)21(34)33-17-4-1-10(29)7-16(17)31/h1-8,18-19H,(H,32,35)(H,33,34)/t18-,19+/m1/s1. The van der Waals surface area contributed by atoms with Gasteiger partial charge in [0.2, 0.25) is 5.91 Å². The topological polar surface area (TPSA) is 58.2 Å². The lowest BCUT2D eigenvalue weighted by molar-refractivity contribution is -0.117. The van der Waals surface area contributed by atoms with Crippen LogP contribution in [-0.2, 0) is 4.79 Å². The van der Waals surface area contributed by atoms with Crippen molar-refractivity contribution in [2.45, 2.75) is 10.3 Å². The maximum Gasteiger partial charge on any atom is 0.258 e. The van der Waals surface area contributed by atoms with Gasteiger partial charge in [0, 0.05) is 17.7 Å². The largest absolute Gasteiger partial charge is 0.326 e. The van der Waals surface area contributed by atoms with E-state index < -0.39 is 51.0 Å². The smallest absolute Gasteiger partial charge is 0.258 e. The van der Waals surface area contributed by atoms with Crippen LogP contribution >= 0.6 is 58.0 Å². The zero-order valence-electron chi connectivity index (χ0n) is 17.1. The van der Waals surface area contributed by atoms with E-state index in [-0.39, 0.29) is 26.4 Å². The molecule has 1 saturated carbocycles. The molecule has 0 spiro atoms. The number of alkyl halides is 2. The van der Waals surface area contributed by atoms with Crippen molar-refractivity contribution in [3.63, 3.8) is 0 Å².